The zero-order valence-corrected chi connectivity index (χ0v) is 53.0. The van der Waals surface area contributed by atoms with E-state index in [2.05, 4.69) is 0 Å². The summed E-state index contributed by atoms with van der Waals surface area (Å²) in [6.07, 6.45) is -48.8. The molecule has 0 N–H and O–H groups in total. The maximum Gasteiger partial charge on any atom is 0.417 e. The first-order valence-electron chi connectivity index (χ1n) is 30.7. The Balaban J connectivity index is 1.16. The van der Waals surface area contributed by atoms with Crippen LogP contribution in [-0.4, -0.2) is 9.13 Å². The van der Waals surface area contributed by atoms with Crippen molar-refractivity contribution in [2.75, 3.05) is 0 Å². The highest BCUT2D eigenvalue weighted by Gasteiger charge is 2.43. The third-order valence-corrected chi connectivity index (χ3v) is 17.9. The fourth-order valence-corrected chi connectivity index (χ4v) is 13.0. The van der Waals surface area contributed by atoms with Crippen molar-refractivity contribution in [3.63, 3.8) is 0 Å². The topological polar surface area (TPSA) is 57.4 Å². The van der Waals surface area contributed by atoms with E-state index in [0.717, 1.165) is 109 Å². The molecule has 108 heavy (non-hydrogen) atoms. The minimum Gasteiger partial charge on any atom is -0.309 e. The van der Waals surface area contributed by atoms with Crippen LogP contribution in [0, 0.1) is 22.7 Å². The number of nitrogens with zero attached hydrogens (tertiary/aromatic N) is 4. The molecule has 2 heterocycles. The molecule has 0 saturated heterocycles. The van der Waals surface area contributed by atoms with Crippen LogP contribution in [0.1, 0.15) is 61.2 Å². The number of hydrogen-bond acceptors (Lipinski definition) is 2. The van der Waals surface area contributed by atoms with Crippen molar-refractivity contribution in [1.29, 1.82) is 10.5 Å². The van der Waals surface area contributed by atoms with E-state index < -0.39 is 167 Å². The lowest BCUT2D eigenvalue weighted by Crippen LogP contribution is -2.11. The van der Waals surface area contributed by atoms with Gasteiger partial charge in [-0.1, -0.05) is 42.5 Å². The second-order valence-corrected chi connectivity index (χ2v) is 24.7. The number of fused-ring (bicyclic) bond motifs is 6. The summed E-state index contributed by atoms with van der Waals surface area (Å²) >= 11 is 0. The Labute approximate surface area is 587 Å². The summed E-state index contributed by atoms with van der Waals surface area (Å²) in [7, 11) is 0. The smallest absolute Gasteiger partial charge is 0.309 e. The average molecular weight is 1530 g/mol. The van der Waals surface area contributed by atoms with Crippen LogP contribution in [-0.2, 0) is 55.6 Å². The monoisotopic (exact) mass is 1530 g/mol. The molecular formula is C77H33F27N4. The first kappa shape index (κ1) is 74.4. The van der Waals surface area contributed by atoms with E-state index in [1.165, 1.54) is 21.3 Å². The highest BCUT2D eigenvalue weighted by Crippen LogP contribution is 2.51. The Kier molecular flexibility index (Phi) is 17.5. The Hall–Kier alpha value is -11.9. The van der Waals surface area contributed by atoms with E-state index >= 15 is 13.2 Å². The molecule has 0 amide bonds. The van der Waals surface area contributed by atoms with Crippen LogP contribution in [0.2, 0.25) is 0 Å². The summed E-state index contributed by atoms with van der Waals surface area (Å²) in [5, 5.41) is 19.4. The normalized spacial score (nSPS) is 13.1. The molecule has 0 bridgehead atoms. The second kappa shape index (κ2) is 25.4. The van der Waals surface area contributed by atoms with Gasteiger partial charge in [0.1, 0.15) is 0 Å². The summed E-state index contributed by atoms with van der Waals surface area (Å²) in [6.45, 7) is 0. The number of benzene rings is 11. The van der Waals surface area contributed by atoms with Crippen LogP contribution >= 0.6 is 0 Å². The summed E-state index contributed by atoms with van der Waals surface area (Å²) in [5.74, 6) is 0. The van der Waals surface area contributed by atoms with Gasteiger partial charge in [0.25, 0.3) is 0 Å². The van der Waals surface area contributed by atoms with Gasteiger partial charge in [-0.25, -0.2) is 0 Å². The number of nitriles is 2. The van der Waals surface area contributed by atoms with Gasteiger partial charge in [-0.05, 0) is 213 Å². The molecule has 11 aromatic carbocycles. The molecule has 0 unspecified atom stereocenters. The van der Waals surface area contributed by atoms with E-state index in [1.807, 2.05) is 6.07 Å². The van der Waals surface area contributed by atoms with Gasteiger partial charge in [0, 0.05) is 32.7 Å². The summed E-state index contributed by atoms with van der Waals surface area (Å²) in [4.78, 5) is 0. The van der Waals surface area contributed by atoms with E-state index in [-0.39, 0.29) is 95.9 Å². The molecule has 31 heteroatoms. The van der Waals surface area contributed by atoms with Gasteiger partial charge in [-0.15, -0.1) is 0 Å². The minimum atomic E-state index is -5.45. The molecule has 2 aromatic heterocycles. The van der Waals surface area contributed by atoms with Gasteiger partial charge in [0.05, 0.1) is 107 Å². The Morgan fingerprint density at radius 3 is 0.741 bits per heavy atom. The average Bonchev–Trinajstić information content (AvgIpc) is 1.56. The van der Waals surface area contributed by atoms with Gasteiger partial charge < -0.3 is 9.13 Å². The van der Waals surface area contributed by atoms with Gasteiger partial charge in [-0.3, -0.25) is 0 Å². The zero-order chi connectivity index (χ0) is 78.5. The number of rotatable bonds is 8. The van der Waals surface area contributed by atoms with Crippen LogP contribution in [0.3, 0.4) is 0 Å². The van der Waals surface area contributed by atoms with E-state index in [1.54, 1.807) is 6.07 Å². The van der Waals surface area contributed by atoms with Crippen molar-refractivity contribution >= 4 is 43.6 Å². The molecule has 550 valence electrons. The quantitative estimate of drug-likeness (QED) is 0.142. The molecule has 0 atom stereocenters. The standard InChI is InChI=1S/C77H33F27N4/c78-69(79,80)47-17-43(18-48(30-47)70(81,82)83)38-4-11-64-58(25-38)59-26-39(44-19-49(71(84,85)86)31-50(20-44)72(87,88)89)5-12-65(59)107(64)63-10-2-36(34-105)15-57(63)56-9-3-42(55-8-1-37(35-106)16-62(55)77(102,103)104)29-68(56)108-66-13-6-40(45-21-51(73(90,91)92)32-52(22-45)74(93,94)95)27-60(66)61-28-41(7-14-67(61)108)46-23-53(75(96,97)98)33-54(24-46)76(99,100)101/h1-33H. The van der Waals surface area contributed by atoms with Gasteiger partial charge in [0.2, 0.25) is 0 Å². The van der Waals surface area contributed by atoms with E-state index in [0.29, 0.717) is 54.6 Å². The first-order chi connectivity index (χ1) is 50.1. The number of alkyl halides is 27. The molecule has 0 aliphatic heterocycles. The molecular weight excluding hydrogens is 1490 g/mol. The van der Waals surface area contributed by atoms with Gasteiger partial charge in [-0.2, -0.15) is 129 Å². The Morgan fingerprint density at radius 1 is 0.204 bits per heavy atom. The van der Waals surface area contributed by atoms with Crippen molar-refractivity contribution in [2.24, 2.45) is 0 Å². The van der Waals surface area contributed by atoms with E-state index in [4.69, 9.17) is 0 Å². The minimum absolute atomic E-state index is 0.144. The van der Waals surface area contributed by atoms with Gasteiger partial charge >= 0.3 is 55.6 Å². The Bertz CT molecular complexity index is 5550. The van der Waals surface area contributed by atoms with E-state index in [9.17, 15) is 116 Å². The predicted molar refractivity (Wildman–Crippen MR) is 342 cm³/mol. The lowest BCUT2D eigenvalue weighted by molar-refractivity contribution is -0.144. The molecule has 0 saturated carbocycles. The maximum atomic E-state index is 15.4. The van der Waals surface area contributed by atoms with Gasteiger partial charge in [0.15, 0.2) is 0 Å². The third kappa shape index (κ3) is 14.0. The molecule has 0 radical (unpaired) electrons. The highest BCUT2D eigenvalue weighted by atomic mass is 19.4. The molecule has 0 aliphatic carbocycles. The molecule has 4 nitrogen and oxygen atoms in total. The summed E-state index contributed by atoms with van der Waals surface area (Å²) < 4.78 is 396. The first-order valence-corrected chi connectivity index (χ1v) is 30.7. The lowest BCUT2D eigenvalue weighted by atomic mass is 9.92. The molecule has 13 rings (SSSR count). The number of hydrogen-bond donors (Lipinski definition) is 0. The second-order valence-electron chi connectivity index (χ2n) is 24.7. The van der Waals surface area contributed by atoms with Crippen LogP contribution < -0.4 is 0 Å². The summed E-state index contributed by atoms with van der Waals surface area (Å²) in [6, 6.07) is 27.1. The Morgan fingerprint density at radius 2 is 0.463 bits per heavy atom. The SMILES string of the molecule is N#Cc1ccc(-n2c3ccc(-c4cc(C(F)(F)F)cc(C(F)(F)F)c4)cc3c3cc(-c4cc(C(F)(F)F)cc(C(F)(F)F)c4)ccc32)c(-c2ccc(-c3ccc(C#N)cc3C(F)(F)F)cc2-n2c3ccc(-c4cc(C(F)(F)F)cc(C(F)(F)F)c4)cc3c3cc(-c4cc(C(F)(F)F)cc(C(F)(F)F)c4)ccc32)c1. The van der Waals surface area contributed by atoms with Crippen molar-refractivity contribution in [2.45, 2.75) is 55.6 Å². The molecule has 13 aromatic rings. The van der Waals surface area contributed by atoms with Crippen molar-refractivity contribution < 1.29 is 119 Å². The number of halogens is 27. The predicted octanol–water partition coefficient (Wildman–Crippen LogP) is 26.8. The lowest BCUT2D eigenvalue weighted by Gasteiger charge is -2.21. The van der Waals surface area contributed by atoms with Crippen LogP contribution in [0.15, 0.2) is 200 Å². The fraction of sp³-hybridized carbons (Fsp3) is 0.117. The maximum absolute atomic E-state index is 15.4. The molecule has 0 spiro atoms. The van der Waals surface area contributed by atoms with Crippen LogP contribution in [0.4, 0.5) is 119 Å². The fourth-order valence-electron chi connectivity index (χ4n) is 13.0. The van der Waals surface area contributed by atoms with Crippen molar-refractivity contribution in [3.05, 3.63) is 261 Å². The van der Waals surface area contributed by atoms with Crippen molar-refractivity contribution in [3.8, 4) is 90.3 Å². The zero-order valence-electron chi connectivity index (χ0n) is 53.0. The number of aromatic nitrogens is 2. The molecule has 0 aliphatic rings. The summed E-state index contributed by atoms with van der Waals surface area (Å²) in [5.41, 5.74) is -24.4. The van der Waals surface area contributed by atoms with Crippen LogP contribution in [0.5, 0.6) is 0 Å². The molecule has 0 fully saturated rings. The van der Waals surface area contributed by atoms with Crippen LogP contribution in [0.25, 0.3) is 122 Å². The largest absolute Gasteiger partial charge is 0.417 e. The van der Waals surface area contributed by atoms with Crippen molar-refractivity contribution in [1.82, 2.24) is 9.13 Å². The highest BCUT2D eigenvalue weighted by molar-refractivity contribution is 6.14. The third-order valence-electron chi connectivity index (χ3n) is 17.9.